The van der Waals surface area contributed by atoms with Crippen molar-refractivity contribution in [2.75, 3.05) is 27.4 Å². The number of aromatic nitrogens is 2. The quantitative estimate of drug-likeness (QED) is 0.337. The van der Waals surface area contributed by atoms with Crippen molar-refractivity contribution < 1.29 is 19.0 Å². The first kappa shape index (κ1) is 21.5. The molecule has 0 saturated heterocycles. The summed E-state index contributed by atoms with van der Waals surface area (Å²) in [4.78, 5) is 29.9. The second-order valence-electron chi connectivity index (χ2n) is 6.24. The van der Waals surface area contributed by atoms with Gasteiger partial charge < -0.3 is 19.5 Å². The van der Waals surface area contributed by atoms with E-state index in [1.54, 1.807) is 48.7 Å². The molecule has 1 N–H and O–H groups in total. The molecule has 3 aromatic rings. The number of hydrogen-bond donors (Lipinski definition) is 1. The molecule has 9 heteroatoms. The highest BCUT2D eigenvalue weighted by Crippen LogP contribution is 2.31. The number of benzene rings is 1. The van der Waals surface area contributed by atoms with Crippen LogP contribution in [0, 0.1) is 11.3 Å². The van der Waals surface area contributed by atoms with Gasteiger partial charge in [-0.2, -0.15) is 10.2 Å². The van der Waals surface area contributed by atoms with Gasteiger partial charge in [-0.25, -0.2) is 0 Å². The van der Waals surface area contributed by atoms with E-state index in [-0.39, 0.29) is 30.2 Å². The van der Waals surface area contributed by atoms with Gasteiger partial charge in [-0.15, -0.1) is 0 Å². The lowest BCUT2D eigenvalue weighted by molar-refractivity contribution is -0.117. The first-order chi connectivity index (χ1) is 15.1. The average Bonchev–Trinajstić information content (AvgIpc) is 2.79. The first-order valence-electron chi connectivity index (χ1n) is 9.30. The number of nitrogens with zero attached hydrogens (tertiary/aromatic N) is 3. The highest BCUT2D eigenvalue weighted by molar-refractivity contribution is 6.01. The molecule has 2 heterocycles. The molecule has 0 atom stereocenters. The van der Waals surface area contributed by atoms with Gasteiger partial charge in [0.1, 0.15) is 22.9 Å². The van der Waals surface area contributed by atoms with E-state index in [0.29, 0.717) is 17.1 Å². The van der Waals surface area contributed by atoms with Gasteiger partial charge in [0, 0.05) is 19.9 Å². The van der Waals surface area contributed by atoms with Crippen molar-refractivity contribution in [2.24, 2.45) is 0 Å². The fraction of sp³-hybridized carbons (Fsp3) is 0.182. The van der Waals surface area contributed by atoms with Crippen LogP contribution < -0.4 is 20.3 Å². The lowest BCUT2D eigenvalue weighted by Gasteiger charge is -2.12. The molecule has 0 bridgehead atoms. The number of pyridine rings is 1. The summed E-state index contributed by atoms with van der Waals surface area (Å²) < 4.78 is 17.4. The molecule has 3 rings (SSSR count). The van der Waals surface area contributed by atoms with Crippen LogP contribution in [0.15, 0.2) is 59.0 Å². The maximum atomic E-state index is 13.1. The van der Waals surface area contributed by atoms with E-state index in [4.69, 9.17) is 14.2 Å². The molecule has 31 heavy (non-hydrogen) atoms. The third kappa shape index (κ3) is 4.88. The standard InChI is InChI=1S/C22H20N4O5/c1-29-12-10-24-20(27)15(14-23)13-16-21(31-18-8-4-3-7-17(18)30-2)25-19-9-5-6-11-26(19)22(16)28/h3-9,11,13H,10,12H2,1-2H3,(H,24,27)/b15-13+. The predicted octanol–water partition coefficient (Wildman–Crippen LogP) is 2.16. The van der Waals surface area contributed by atoms with Crippen molar-refractivity contribution in [3.8, 4) is 23.4 Å². The molecule has 0 saturated carbocycles. The summed E-state index contributed by atoms with van der Waals surface area (Å²) in [6.07, 6.45) is 2.71. The van der Waals surface area contributed by atoms with E-state index >= 15 is 0 Å². The molecule has 158 valence electrons. The summed E-state index contributed by atoms with van der Waals surface area (Å²) >= 11 is 0. The number of fused-ring (bicyclic) bond motifs is 1. The summed E-state index contributed by atoms with van der Waals surface area (Å²) in [6.45, 7) is 0.501. The fourth-order valence-electron chi connectivity index (χ4n) is 2.75. The van der Waals surface area contributed by atoms with Crippen molar-refractivity contribution in [1.82, 2.24) is 14.7 Å². The number of carbonyl (C=O) groups is 1. The topological polar surface area (TPSA) is 115 Å². The Balaban J connectivity index is 2.13. The second-order valence-corrected chi connectivity index (χ2v) is 6.24. The molecule has 1 aromatic carbocycles. The van der Waals surface area contributed by atoms with E-state index < -0.39 is 11.5 Å². The smallest absolute Gasteiger partial charge is 0.269 e. The SMILES string of the molecule is COCCNC(=O)/C(C#N)=C/c1c(Oc2ccccc2OC)nc2ccccn2c1=O. The van der Waals surface area contributed by atoms with Crippen molar-refractivity contribution in [1.29, 1.82) is 5.26 Å². The van der Waals surface area contributed by atoms with Crippen LogP contribution in [0.1, 0.15) is 5.56 Å². The number of amides is 1. The van der Waals surface area contributed by atoms with Crippen LogP contribution in [-0.2, 0) is 9.53 Å². The van der Waals surface area contributed by atoms with Gasteiger partial charge in [0.05, 0.1) is 13.7 Å². The lowest BCUT2D eigenvalue weighted by atomic mass is 10.1. The van der Waals surface area contributed by atoms with Gasteiger partial charge in [0.2, 0.25) is 5.88 Å². The van der Waals surface area contributed by atoms with Gasteiger partial charge in [0.15, 0.2) is 11.5 Å². The molecule has 9 nitrogen and oxygen atoms in total. The Morgan fingerprint density at radius 2 is 1.94 bits per heavy atom. The Morgan fingerprint density at radius 1 is 1.19 bits per heavy atom. The van der Waals surface area contributed by atoms with Gasteiger partial charge in [-0.1, -0.05) is 18.2 Å². The molecule has 0 unspecified atom stereocenters. The highest BCUT2D eigenvalue weighted by atomic mass is 16.5. The Hall–Kier alpha value is -4.16. The van der Waals surface area contributed by atoms with Gasteiger partial charge >= 0.3 is 0 Å². The number of ether oxygens (including phenoxy) is 3. The van der Waals surface area contributed by atoms with Crippen molar-refractivity contribution in [2.45, 2.75) is 0 Å². The van der Waals surface area contributed by atoms with Gasteiger partial charge in [-0.3, -0.25) is 14.0 Å². The Kier molecular flexibility index (Phi) is 6.98. The average molecular weight is 420 g/mol. The van der Waals surface area contributed by atoms with Crippen LogP contribution in [0.25, 0.3) is 11.7 Å². The Labute approximate surface area is 178 Å². The van der Waals surface area contributed by atoms with Crippen molar-refractivity contribution in [3.63, 3.8) is 0 Å². The zero-order chi connectivity index (χ0) is 22.2. The maximum absolute atomic E-state index is 13.1. The maximum Gasteiger partial charge on any atom is 0.269 e. The van der Waals surface area contributed by atoms with Gasteiger partial charge in [-0.05, 0) is 30.3 Å². The monoisotopic (exact) mass is 420 g/mol. The fourth-order valence-corrected chi connectivity index (χ4v) is 2.75. The number of nitriles is 1. The van der Waals surface area contributed by atoms with Crippen LogP contribution in [0.2, 0.25) is 0 Å². The summed E-state index contributed by atoms with van der Waals surface area (Å²) in [7, 11) is 2.99. The third-order valence-electron chi connectivity index (χ3n) is 4.26. The van der Waals surface area contributed by atoms with Crippen molar-refractivity contribution in [3.05, 3.63) is 70.2 Å². The van der Waals surface area contributed by atoms with E-state index in [0.717, 1.165) is 0 Å². The van der Waals surface area contributed by atoms with Crippen LogP contribution in [0.5, 0.6) is 17.4 Å². The number of rotatable bonds is 8. The van der Waals surface area contributed by atoms with Gasteiger partial charge in [0.25, 0.3) is 11.5 Å². The minimum absolute atomic E-state index is 0.0481. The van der Waals surface area contributed by atoms with Crippen LogP contribution in [0.3, 0.4) is 0 Å². The number of nitrogens with one attached hydrogen (secondary N) is 1. The number of carbonyl (C=O) groups excluding carboxylic acids is 1. The first-order valence-corrected chi connectivity index (χ1v) is 9.30. The van der Waals surface area contributed by atoms with Crippen LogP contribution >= 0.6 is 0 Å². The highest BCUT2D eigenvalue weighted by Gasteiger charge is 2.18. The number of hydrogen-bond acceptors (Lipinski definition) is 7. The molecule has 1 amide bonds. The van der Waals surface area contributed by atoms with Crippen molar-refractivity contribution >= 4 is 17.6 Å². The van der Waals surface area contributed by atoms with Crippen LogP contribution in [-0.4, -0.2) is 42.7 Å². The predicted molar refractivity (Wildman–Crippen MR) is 113 cm³/mol. The molecule has 2 aromatic heterocycles. The normalized spacial score (nSPS) is 11.1. The summed E-state index contributed by atoms with van der Waals surface area (Å²) in [5, 5.41) is 12.0. The van der Waals surface area contributed by atoms with E-state index in [2.05, 4.69) is 10.3 Å². The molecule has 0 spiro atoms. The van der Waals surface area contributed by atoms with Crippen LogP contribution in [0.4, 0.5) is 0 Å². The molecule has 0 radical (unpaired) electrons. The van der Waals surface area contributed by atoms with E-state index in [1.807, 2.05) is 6.07 Å². The number of para-hydroxylation sites is 2. The zero-order valence-electron chi connectivity index (χ0n) is 17.0. The minimum Gasteiger partial charge on any atom is -0.493 e. The Bertz CT molecular complexity index is 1230. The molecular weight excluding hydrogens is 400 g/mol. The largest absolute Gasteiger partial charge is 0.493 e. The number of methoxy groups -OCH3 is 2. The molecular formula is C22H20N4O5. The van der Waals surface area contributed by atoms with E-state index in [9.17, 15) is 14.9 Å². The molecule has 0 aliphatic rings. The summed E-state index contributed by atoms with van der Waals surface area (Å²) in [5.41, 5.74) is -0.464. The lowest BCUT2D eigenvalue weighted by Crippen LogP contribution is -2.28. The molecule has 0 fully saturated rings. The summed E-state index contributed by atoms with van der Waals surface area (Å²) in [5.74, 6) is 0.0682. The Morgan fingerprint density at radius 3 is 2.65 bits per heavy atom. The van der Waals surface area contributed by atoms with E-state index in [1.165, 1.54) is 24.7 Å². The molecule has 0 aliphatic carbocycles. The minimum atomic E-state index is -0.639. The third-order valence-corrected chi connectivity index (χ3v) is 4.26. The molecule has 0 aliphatic heterocycles. The summed E-state index contributed by atoms with van der Waals surface area (Å²) in [6, 6.07) is 13.7. The second kappa shape index (κ2) is 10.0. The zero-order valence-corrected chi connectivity index (χ0v) is 17.0.